The lowest BCUT2D eigenvalue weighted by molar-refractivity contribution is 0.284. The number of aryl methyl sites for hydroxylation is 1. The van der Waals surface area contributed by atoms with Crippen LogP contribution in [0.5, 0.6) is 11.5 Å². The second kappa shape index (κ2) is 9.05. The van der Waals surface area contributed by atoms with E-state index in [1.54, 1.807) is 19.2 Å². The molecule has 7 heteroatoms. The van der Waals surface area contributed by atoms with Crippen LogP contribution in [-0.4, -0.2) is 12.1 Å². The number of anilines is 1. The van der Waals surface area contributed by atoms with Gasteiger partial charge in [-0.05, 0) is 66.6 Å². The highest BCUT2D eigenvalue weighted by Gasteiger charge is 2.23. The summed E-state index contributed by atoms with van der Waals surface area (Å²) in [5.74, 6) is 1.44. The molecule has 0 fully saturated rings. The molecule has 3 aromatic rings. The van der Waals surface area contributed by atoms with Crippen molar-refractivity contribution in [1.82, 2.24) is 4.98 Å². The summed E-state index contributed by atoms with van der Waals surface area (Å²) in [5.41, 5.74) is 11.2. The standard InChI is InChI=1S/C24H21Cl2N3O2/c1-30-22-11-15(7-9-21(22)31-13-14-6-8-18(25)19(26)10-14)23-16-4-2-3-5-20(16)29-24(28)17(23)12-27/h6-11H,2-5,13H2,1H3,(H2,28,29). The Kier molecular flexibility index (Phi) is 6.22. The van der Waals surface area contributed by atoms with Gasteiger partial charge in [0.05, 0.1) is 17.2 Å². The van der Waals surface area contributed by atoms with E-state index in [0.29, 0.717) is 33.7 Å². The maximum absolute atomic E-state index is 9.75. The Morgan fingerprint density at radius 1 is 1.06 bits per heavy atom. The zero-order chi connectivity index (χ0) is 22.0. The first-order valence-electron chi connectivity index (χ1n) is 9.98. The molecule has 0 aliphatic heterocycles. The molecule has 0 bridgehead atoms. The SMILES string of the molecule is COc1cc(-c2c(C#N)c(N)nc3c2CCCC3)ccc1OCc1ccc(Cl)c(Cl)c1. The fraction of sp³-hybridized carbons (Fsp3) is 0.250. The van der Waals surface area contributed by atoms with Crippen LogP contribution in [0.1, 0.15) is 35.2 Å². The van der Waals surface area contributed by atoms with E-state index in [1.165, 1.54) is 0 Å². The minimum absolute atomic E-state index is 0.275. The molecule has 0 saturated carbocycles. The zero-order valence-corrected chi connectivity index (χ0v) is 18.6. The molecule has 0 unspecified atom stereocenters. The number of nitrogens with zero attached hydrogens (tertiary/aromatic N) is 2. The van der Waals surface area contributed by atoms with Gasteiger partial charge in [-0.2, -0.15) is 5.26 Å². The van der Waals surface area contributed by atoms with E-state index in [2.05, 4.69) is 11.1 Å². The number of ether oxygens (including phenoxy) is 2. The van der Waals surface area contributed by atoms with E-state index in [-0.39, 0.29) is 5.82 Å². The lowest BCUT2D eigenvalue weighted by Crippen LogP contribution is -2.12. The fourth-order valence-electron chi connectivity index (χ4n) is 3.93. The van der Waals surface area contributed by atoms with Crippen molar-refractivity contribution in [3.8, 4) is 28.7 Å². The Labute approximate surface area is 191 Å². The number of hydrogen-bond donors (Lipinski definition) is 1. The molecule has 31 heavy (non-hydrogen) atoms. The van der Waals surface area contributed by atoms with Crippen molar-refractivity contribution < 1.29 is 9.47 Å². The predicted octanol–water partition coefficient (Wildman–Crippen LogP) is 5.98. The molecule has 4 rings (SSSR count). The third-order valence-corrected chi connectivity index (χ3v) is 6.18. The first-order valence-corrected chi connectivity index (χ1v) is 10.7. The monoisotopic (exact) mass is 453 g/mol. The van der Waals surface area contributed by atoms with Crippen LogP contribution in [0.4, 0.5) is 5.82 Å². The highest BCUT2D eigenvalue weighted by atomic mass is 35.5. The van der Waals surface area contributed by atoms with Crippen LogP contribution in [-0.2, 0) is 19.4 Å². The van der Waals surface area contributed by atoms with Gasteiger partial charge in [0.25, 0.3) is 0 Å². The van der Waals surface area contributed by atoms with Crippen molar-refractivity contribution in [3.63, 3.8) is 0 Å². The maximum Gasteiger partial charge on any atom is 0.161 e. The van der Waals surface area contributed by atoms with Crippen LogP contribution in [0.3, 0.4) is 0 Å². The molecule has 1 heterocycles. The summed E-state index contributed by atoms with van der Waals surface area (Å²) < 4.78 is 11.5. The molecule has 0 atom stereocenters. The highest BCUT2D eigenvalue weighted by molar-refractivity contribution is 6.42. The molecule has 1 aliphatic rings. The number of methoxy groups -OCH3 is 1. The van der Waals surface area contributed by atoms with Crippen molar-refractivity contribution in [3.05, 3.63) is 68.8 Å². The predicted molar refractivity (Wildman–Crippen MR) is 123 cm³/mol. The Morgan fingerprint density at radius 3 is 2.61 bits per heavy atom. The van der Waals surface area contributed by atoms with Gasteiger partial charge in [-0.1, -0.05) is 35.3 Å². The summed E-state index contributed by atoms with van der Waals surface area (Å²) in [6.45, 7) is 0.313. The first-order chi connectivity index (χ1) is 15.0. The highest BCUT2D eigenvalue weighted by Crippen LogP contribution is 2.39. The molecule has 0 spiro atoms. The van der Waals surface area contributed by atoms with Gasteiger partial charge in [0.2, 0.25) is 0 Å². The Bertz CT molecular complexity index is 1190. The normalized spacial score (nSPS) is 12.7. The number of nitriles is 1. The minimum Gasteiger partial charge on any atom is -0.493 e. The topological polar surface area (TPSA) is 81.2 Å². The van der Waals surface area contributed by atoms with Crippen LogP contribution in [0.15, 0.2) is 36.4 Å². The summed E-state index contributed by atoms with van der Waals surface area (Å²) >= 11 is 12.1. The number of nitrogens with two attached hydrogens (primary N) is 1. The van der Waals surface area contributed by atoms with Crippen molar-refractivity contribution in [1.29, 1.82) is 5.26 Å². The lowest BCUT2D eigenvalue weighted by Gasteiger charge is -2.21. The van der Waals surface area contributed by atoms with Crippen LogP contribution in [0, 0.1) is 11.3 Å². The summed E-state index contributed by atoms with van der Waals surface area (Å²) in [5, 5.41) is 10.7. The third kappa shape index (κ3) is 4.27. The number of rotatable bonds is 5. The first kappa shape index (κ1) is 21.3. The van der Waals surface area contributed by atoms with Gasteiger partial charge in [0, 0.05) is 11.3 Å². The van der Waals surface area contributed by atoms with Crippen LogP contribution in [0.2, 0.25) is 10.0 Å². The number of pyridine rings is 1. The molecule has 5 nitrogen and oxygen atoms in total. The van der Waals surface area contributed by atoms with Crippen LogP contribution >= 0.6 is 23.2 Å². The van der Waals surface area contributed by atoms with Crippen molar-refractivity contribution in [2.75, 3.05) is 12.8 Å². The molecule has 1 aromatic heterocycles. The number of benzene rings is 2. The van der Waals surface area contributed by atoms with E-state index < -0.39 is 0 Å². The molecule has 0 saturated heterocycles. The van der Waals surface area contributed by atoms with Gasteiger partial charge in [0.15, 0.2) is 11.5 Å². The Morgan fingerprint density at radius 2 is 1.87 bits per heavy atom. The molecule has 1 aliphatic carbocycles. The Hall–Kier alpha value is -2.94. The molecule has 0 amide bonds. The second-order valence-electron chi connectivity index (χ2n) is 7.39. The largest absolute Gasteiger partial charge is 0.493 e. The van der Waals surface area contributed by atoms with Crippen LogP contribution < -0.4 is 15.2 Å². The smallest absolute Gasteiger partial charge is 0.161 e. The van der Waals surface area contributed by atoms with Gasteiger partial charge >= 0.3 is 0 Å². The molecule has 158 valence electrons. The number of halogens is 2. The number of fused-ring (bicyclic) bond motifs is 1. The van der Waals surface area contributed by atoms with E-state index >= 15 is 0 Å². The second-order valence-corrected chi connectivity index (χ2v) is 8.21. The van der Waals surface area contributed by atoms with Crippen molar-refractivity contribution in [2.24, 2.45) is 0 Å². The van der Waals surface area contributed by atoms with Gasteiger partial charge in [0.1, 0.15) is 24.1 Å². The summed E-state index contributed by atoms with van der Waals surface area (Å²) in [4.78, 5) is 4.49. The molecule has 2 N–H and O–H groups in total. The van der Waals surface area contributed by atoms with Gasteiger partial charge < -0.3 is 15.2 Å². The average molecular weight is 454 g/mol. The lowest BCUT2D eigenvalue weighted by atomic mass is 9.86. The quantitative estimate of drug-likeness (QED) is 0.513. The zero-order valence-electron chi connectivity index (χ0n) is 17.0. The van der Waals surface area contributed by atoms with Gasteiger partial charge in [-0.3, -0.25) is 0 Å². The van der Waals surface area contributed by atoms with E-state index in [4.69, 9.17) is 38.4 Å². The Balaban J connectivity index is 1.70. The van der Waals surface area contributed by atoms with Crippen molar-refractivity contribution in [2.45, 2.75) is 32.3 Å². The average Bonchev–Trinajstić information content (AvgIpc) is 2.78. The summed E-state index contributed by atoms with van der Waals surface area (Å²) in [6.07, 6.45) is 3.90. The number of hydrogen-bond acceptors (Lipinski definition) is 5. The third-order valence-electron chi connectivity index (χ3n) is 5.44. The minimum atomic E-state index is 0.275. The fourth-order valence-corrected chi connectivity index (χ4v) is 4.25. The molecule has 2 aromatic carbocycles. The number of nitrogen functional groups attached to an aromatic ring is 1. The molecular weight excluding hydrogens is 433 g/mol. The number of aromatic nitrogens is 1. The maximum atomic E-state index is 9.75. The van der Waals surface area contributed by atoms with Crippen molar-refractivity contribution >= 4 is 29.0 Å². The summed E-state index contributed by atoms with van der Waals surface area (Å²) in [7, 11) is 1.59. The van der Waals surface area contributed by atoms with E-state index in [9.17, 15) is 5.26 Å². The van der Waals surface area contributed by atoms with E-state index in [0.717, 1.165) is 53.6 Å². The van der Waals surface area contributed by atoms with Crippen LogP contribution in [0.25, 0.3) is 11.1 Å². The molecule has 0 radical (unpaired) electrons. The van der Waals surface area contributed by atoms with Gasteiger partial charge in [-0.15, -0.1) is 0 Å². The van der Waals surface area contributed by atoms with Gasteiger partial charge in [-0.25, -0.2) is 4.98 Å². The van der Waals surface area contributed by atoms with E-state index in [1.807, 2.05) is 24.3 Å². The summed E-state index contributed by atoms with van der Waals surface area (Å²) in [6, 6.07) is 13.3. The molecular formula is C24H21Cl2N3O2.